The van der Waals surface area contributed by atoms with E-state index < -0.39 is 0 Å². The van der Waals surface area contributed by atoms with E-state index in [4.69, 9.17) is 11.6 Å². The maximum atomic E-state index is 12.2. The van der Waals surface area contributed by atoms with Crippen LogP contribution in [0.2, 0.25) is 5.02 Å². The quantitative estimate of drug-likeness (QED) is 0.899. The number of hydrogen-bond donors (Lipinski definition) is 1. The van der Waals surface area contributed by atoms with Crippen LogP contribution in [0.25, 0.3) is 10.9 Å². The van der Waals surface area contributed by atoms with Gasteiger partial charge in [-0.25, -0.2) is 0 Å². The van der Waals surface area contributed by atoms with E-state index in [1.165, 1.54) is 5.56 Å². The number of carbonyl (C=O) groups excluding carboxylic acids is 1. The molecule has 1 atom stereocenters. The molecule has 0 radical (unpaired) electrons. The van der Waals surface area contributed by atoms with Gasteiger partial charge < -0.3 is 9.88 Å². The van der Waals surface area contributed by atoms with Gasteiger partial charge in [-0.05, 0) is 43.0 Å². The number of fused-ring (bicyclic) bond motifs is 1. The molecule has 21 heavy (non-hydrogen) atoms. The van der Waals surface area contributed by atoms with Gasteiger partial charge in [-0.2, -0.15) is 0 Å². The molecule has 0 aliphatic carbocycles. The molecule has 1 amide bonds. The minimum absolute atomic E-state index is 0.282. The zero-order chi connectivity index (χ0) is 15.0. The van der Waals surface area contributed by atoms with Crippen LogP contribution in [0.1, 0.15) is 37.4 Å². The van der Waals surface area contributed by atoms with Crippen LogP contribution in [0.4, 0.5) is 0 Å². The lowest BCUT2D eigenvalue weighted by molar-refractivity contribution is -0.128. The first kappa shape index (κ1) is 14.5. The van der Waals surface area contributed by atoms with E-state index in [-0.39, 0.29) is 5.91 Å². The van der Waals surface area contributed by atoms with E-state index in [2.05, 4.69) is 18.8 Å². The molecule has 1 aliphatic heterocycles. The topological polar surface area (TPSA) is 36.1 Å². The summed E-state index contributed by atoms with van der Waals surface area (Å²) in [7, 11) is 0. The highest BCUT2D eigenvalue weighted by molar-refractivity contribution is 6.31. The average Bonchev–Trinajstić information content (AvgIpc) is 2.93. The normalized spacial score (nSPS) is 18.9. The molecule has 0 spiro atoms. The predicted molar refractivity (Wildman–Crippen MR) is 86.5 cm³/mol. The number of benzene rings is 1. The summed E-state index contributed by atoms with van der Waals surface area (Å²) in [6.07, 6.45) is 2.99. The van der Waals surface area contributed by atoms with Crippen LogP contribution in [-0.2, 0) is 11.3 Å². The molecule has 1 N–H and O–H groups in total. The highest BCUT2D eigenvalue weighted by Crippen LogP contribution is 2.29. The summed E-state index contributed by atoms with van der Waals surface area (Å²) in [5.41, 5.74) is 3.40. The van der Waals surface area contributed by atoms with Crippen molar-refractivity contribution in [2.75, 3.05) is 6.54 Å². The maximum Gasteiger partial charge on any atom is 0.223 e. The fraction of sp³-hybridized carbons (Fsp3) is 0.471. The molecular weight excluding hydrogens is 284 g/mol. The van der Waals surface area contributed by atoms with Gasteiger partial charge in [-0.1, -0.05) is 24.9 Å². The standard InChI is InChI=1S/C17H21ClN2O/c1-3-4-12-7-17(21)20(9-12)10-15-11(2)19-16-6-5-13(18)8-14(15)16/h5-6,8,12,19H,3-4,7,9-10H2,1-2H3. The third kappa shape index (κ3) is 2.80. The Hall–Kier alpha value is -1.48. The van der Waals surface area contributed by atoms with Gasteiger partial charge in [0, 0.05) is 41.1 Å². The number of carbonyl (C=O) groups is 1. The number of aromatic nitrogens is 1. The van der Waals surface area contributed by atoms with Crippen molar-refractivity contribution in [2.24, 2.45) is 5.92 Å². The Morgan fingerprint density at radius 1 is 1.43 bits per heavy atom. The smallest absolute Gasteiger partial charge is 0.223 e. The van der Waals surface area contributed by atoms with Crippen molar-refractivity contribution in [3.05, 3.63) is 34.5 Å². The number of halogens is 1. The molecule has 0 bridgehead atoms. The molecule has 1 aromatic carbocycles. The van der Waals surface area contributed by atoms with Crippen molar-refractivity contribution in [3.8, 4) is 0 Å². The lowest BCUT2D eigenvalue weighted by Gasteiger charge is -2.17. The van der Waals surface area contributed by atoms with Crippen LogP contribution in [0.5, 0.6) is 0 Å². The first-order valence-electron chi connectivity index (χ1n) is 7.63. The number of H-pyrrole nitrogens is 1. The van der Waals surface area contributed by atoms with E-state index in [0.29, 0.717) is 18.9 Å². The Kier molecular flexibility index (Phi) is 3.94. The summed E-state index contributed by atoms with van der Waals surface area (Å²) in [6, 6.07) is 5.88. The molecule has 1 aromatic heterocycles. The van der Waals surface area contributed by atoms with Crippen LogP contribution in [0, 0.1) is 12.8 Å². The van der Waals surface area contributed by atoms with Gasteiger partial charge in [0.2, 0.25) is 5.91 Å². The second-order valence-electron chi connectivity index (χ2n) is 6.05. The number of likely N-dealkylation sites (tertiary alicyclic amines) is 1. The molecule has 2 heterocycles. The number of rotatable bonds is 4. The van der Waals surface area contributed by atoms with Gasteiger partial charge >= 0.3 is 0 Å². The second kappa shape index (κ2) is 5.72. The molecule has 1 unspecified atom stereocenters. The van der Waals surface area contributed by atoms with Crippen molar-refractivity contribution in [2.45, 2.75) is 39.7 Å². The highest BCUT2D eigenvalue weighted by Gasteiger charge is 2.29. The summed E-state index contributed by atoms with van der Waals surface area (Å²) < 4.78 is 0. The Morgan fingerprint density at radius 2 is 2.24 bits per heavy atom. The summed E-state index contributed by atoms with van der Waals surface area (Å²) in [4.78, 5) is 17.6. The van der Waals surface area contributed by atoms with E-state index in [1.54, 1.807) is 0 Å². The van der Waals surface area contributed by atoms with Crippen molar-refractivity contribution >= 4 is 28.4 Å². The van der Waals surface area contributed by atoms with Crippen molar-refractivity contribution in [1.29, 1.82) is 0 Å². The maximum absolute atomic E-state index is 12.2. The number of nitrogens with one attached hydrogen (secondary N) is 1. The number of aryl methyl sites for hydroxylation is 1. The van der Waals surface area contributed by atoms with Gasteiger partial charge in [0.1, 0.15) is 0 Å². The molecule has 4 heteroatoms. The van der Waals surface area contributed by atoms with E-state index in [0.717, 1.165) is 41.0 Å². The van der Waals surface area contributed by atoms with Gasteiger partial charge in [0.05, 0.1) is 0 Å². The molecule has 0 saturated carbocycles. The SMILES string of the molecule is CCCC1CC(=O)N(Cc2c(C)[nH]c3ccc(Cl)cc23)C1. The molecule has 1 fully saturated rings. The summed E-state index contributed by atoms with van der Waals surface area (Å²) in [5, 5.41) is 1.87. The average molecular weight is 305 g/mol. The zero-order valence-electron chi connectivity index (χ0n) is 12.6. The third-order valence-corrected chi connectivity index (χ3v) is 4.66. The summed E-state index contributed by atoms with van der Waals surface area (Å²) in [5.74, 6) is 0.806. The number of aromatic amines is 1. The van der Waals surface area contributed by atoms with Crippen molar-refractivity contribution in [3.63, 3.8) is 0 Å². The first-order chi connectivity index (χ1) is 10.1. The van der Waals surface area contributed by atoms with Gasteiger partial charge in [-0.3, -0.25) is 4.79 Å². The fourth-order valence-electron chi connectivity index (χ4n) is 3.36. The highest BCUT2D eigenvalue weighted by atomic mass is 35.5. The fourth-order valence-corrected chi connectivity index (χ4v) is 3.53. The van der Waals surface area contributed by atoms with Gasteiger partial charge in [-0.15, -0.1) is 0 Å². The molecule has 2 aromatic rings. The molecule has 1 saturated heterocycles. The minimum atomic E-state index is 0.282. The Morgan fingerprint density at radius 3 is 3.00 bits per heavy atom. The lowest BCUT2D eigenvalue weighted by Crippen LogP contribution is -2.24. The largest absolute Gasteiger partial charge is 0.358 e. The van der Waals surface area contributed by atoms with Gasteiger partial charge in [0.15, 0.2) is 0 Å². The van der Waals surface area contributed by atoms with Gasteiger partial charge in [0.25, 0.3) is 0 Å². The Bertz CT molecular complexity index is 677. The number of hydrogen-bond acceptors (Lipinski definition) is 1. The van der Waals surface area contributed by atoms with E-state index in [1.807, 2.05) is 23.1 Å². The van der Waals surface area contributed by atoms with Crippen LogP contribution in [0.15, 0.2) is 18.2 Å². The molecule has 1 aliphatic rings. The predicted octanol–water partition coefficient (Wildman–Crippen LogP) is 4.28. The van der Waals surface area contributed by atoms with Crippen molar-refractivity contribution < 1.29 is 4.79 Å². The lowest BCUT2D eigenvalue weighted by atomic mass is 10.0. The molecular formula is C17H21ClN2O. The minimum Gasteiger partial charge on any atom is -0.358 e. The van der Waals surface area contributed by atoms with E-state index >= 15 is 0 Å². The Balaban J connectivity index is 1.86. The van der Waals surface area contributed by atoms with Crippen molar-refractivity contribution in [1.82, 2.24) is 9.88 Å². The summed E-state index contributed by atoms with van der Waals surface area (Å²) in [6.45, 7) is 5.82. The molecule has 3 rings (SSSR count). The number of nitrogens with zero attached hydrogens (tertiary/aromatic N) is 1. The first-order valence-corrected chi connectivity index (χ1v) is 8.00. The van der Waals surface area contributed by atoms with E-state index in [9.17, 15) is 4.79 Å². The zero-order valence-corrected chi connectivity index (χ0v) is 13.3. The van der Waals surface area contributed by atoms with Crippen LogP contribution >= 0.6 is 11.6 Å². The monoisotopic (exact) mass is 304 g/mol. The molecule has 3 nitrogen and oxygen atoms in total. The van der Waals surface area contributed by atoms with Crippen LogP contribution in [0.3, 0.4) is 0 Å². The molecule has 112 valence electrons. The number of amides is 1. The summed E-state index contributed by atoms with van der Waals surface area (Å²) >= 11 is 6.12. The second-order valence-corrected chi connectivity index (χ2v) is 6.49. The Labute approximate surface area is 130 Å². The van der Waals surface area contributed by atoms with Crippen LogP contribution in [-0.4, -0.2) is 22.3 Å². The third-order valence-electron chi connectivity index (χ3n) is 4.42. The van der Waals surface area contributed by atoms with Crippen LogP contribution < -0.4 is 0 Å².